The van der Waals surface area contributed by atoms with Gasteiger partial charge in [0.05, 0.1) is 20.6 Å². The molecule has 0 aliphatic carbocycles. The van der Waals surface area contributed by atoms with Gasteiger partial charge in [0.2, 0.25) is 12.6 Å². The van der Waals surface area contributed by atoms with E-state index in [0.717, 1.165) is 22.6 Å². The van der Waals surface area contributed by atoms with E-state index < -0.39 is 12.6 Å². The fraction of sp³-hybridized carbons (Fsp3) is 0.391. The minimum absolute atomic E-state index is 0. The summed E-state index contributed by atoms with van der Waals surface area (Å²) in [4.78, 5) is 9.44. The summed E-state index contributed by atoms with van der Waals surface area (Å²) in [5.41, 5.74) is 1.89. The summed E-state index contributed by atoms with van der Waals surface area (Å²) in [5.74, 6) is 2.51. The SMILES string of the molecule is COc1cccc([C@H]2N=C(CC3=N[C@H](c4cccc(OC)c4)C(OC)O3)OC2OC)c1.[Br-].[Br-].[Ni+2]. The Bertz CT molecular complexity index is 916. The second-order valence-electron chi connectivity index (χ2n) is 7.11. The van der Waals surface area contributed by atoms with Gasteiger partial charge in [-0.2, -0.15) is 0 Å². The summed E-state index contributed by atoms with van der Waals surface area (Å²) in [6.07, 6.45) is -0.756. The molecule has 0 aromatic heterocycles. The van der Waals surface area contributed by atoms with Crippen molar-refractivity contribution in [1.29, 1.82) is 0 Å². The number of nitrogens with zero attached hydrogens (tertiary/aromatic N) is 2. The molecule has 0 saturated carbocycles. The van der Waals surface area contributed by atoms with Crippen LogP contribution in [0.4, 0.5) is 0 Å². The second kappa shape index (κ2) is 14.0. The fourth-order valence-electron chi connectivity index (χ4n) is 3.66. The molecule has 188 valence electrons. The van der Waals surface area contributed by atoms with E-state index in [-0.39, 0.29) is 62.5 Å². The van der Waals surface area contributed by atoms with Crippen LogP contribution in [0.2, 0.25) is 0 Å². The number of hydrogen-bond acceptors (Lipinski definition) is 8. The third kappa shape index (κ3) is 6.73. The third-order valence-electron chi connectivity index (χ3n) is 5.22. The van der Waals surface area contributed by atoms with Gasteiger partial charge in [-0.25, -0.2) is 9.98 Å². The molecule has 0 N–H and O–H groups in total. The van der Waals surface area contributed by atoms with E-state index in [1.807, 2.05) is 48.5 Å². The van der Waals surface area contributed by atoms with Crippen LogP contribution in [-0.4, -0.2) is 52.8 Å². The molecule has 2 aliphatic heterocycles. The first-order valence-electron chi connectivity index (χ1n) is 9.95. The van der Waals surface area contributed by atoms with E-state index >= 15 is 0 Å². The zero-order valence-electron chi connectivity index (χ0n) is 19.1. The maximum atomic E-state index is 5.92. The smallest absolute Gasteiger partial charge is 1.00 e. The van der Waals surface area contributed by atoms with Gasteiger partial charge in [0.15, 0.2) is 11.8 Å². The predicted molar refractivity (Wildman–Crippen MR) is 115 cm³/mol. The van der Waals surface area contributed by atoms with Crippen LogP contribution >= 0.6 is 0 Å². The zero-order valence-corrected chi connectivity index (χ0v) is 23.2. The van der Waals surface area contributed by atoms with E-state index in [9.17, 15) is 0 Å². The van der Waals surface area contributed by atoms with E-state index in [1.54, 1.807) is 28.4 Å². The predicted octanol–water partition coefficient (Wildman–Crippen LogP) is -2.32. The van der Waals surface area contributed by atoms with Gasteiger partial charge in [-0.15, -0.1) is 0 Å². The maximum Gasteiger partial charge on any atom is 2.00 e. The average Bonchev–Trinajstić information content (AvgIpc) is 3.43. The molecule has 0 amide bonds. The topological polar surface area (TPSA) is 80.1 Å². The summed E-state index contributed by atoms with van der Waals surface area (Å²) in [7, 11) is 6.46. The average molecular weight is 645 g/mol. The van der Waals surface area contributed by atoms with Gasteiger partial charge in [-0.3, -0.25) is 0 Å². The minimum atomic E-state index is -0.531. The molecule has 2 heterocycles. The molecule has 4 atom stereocenters. The van der Waals surface area contributed by atoms with Crippen LogP contribution in [0, 0.1) is 0 Å². The second-order valence-corrected chi connectivity index (χ2v) is 7.11. The van der Waals surface area contributed by atoms with Crippen molar-refractivity contribution in [2.45, 2.75) is 31.1 Å². The molecular weight excluding hydrogens is 619 g/mol. The van der Waals surface area contributed by atoms with Crippen molar-refractivity contribution in [2.75, 3.05) is 28.4 Å². The number of ether oxygens (including phenoxy) is 6. The Labute approximate surface area is 230 Å². The van der Waals surface area contributed by atoms with Gasteiger partial charge >= 0.3 is 16.5 Å². The van der Waals surface area contributed by atoms with E-state index in [0.29, 0.717) is 18.2 Å². The summed E-state index contributed by atoms with van der Waals surface area (Å²) >= 11 is 0. The van der Waals surface area contributed by atoms with Gasteiger partial charge in [-0.05, 0) is 35.4 Å². The summed E-state index contributed by atoms with van der Waals surface area (Å²) in [5, 5.41) is 0. The molecule has 2 aliphatic rings. The summed E-state index contributed by atoms with van der Waals surface area (Å²) in [6, 6.07) is 14.8. The maximum absolute atomic E-state index is 5.92. The molecule has 2 aromatic rings. The van der Waals surface area contributed by atoms with Crippen LogP contribution in [0.5, 0.6) is 11.5 Å². The van der Waals surface area contributed by atoms with Crippen LogP contribution < -0.4 is 43.4 Å². The summed E-state index contributed by atoms with van der Waals surface area (Å²) in [6.45, 7) is 0. The fourth-order valence-corrected chi connectivity index (χ4v) is 3.66. The normalized spacial score (nSPS) is 22.6. The van der Waals surface area contributed by atoms with Crippen molar-refractivity contribution in [2.24, 2.45) is 9.98 Å². The van der Waals surface area contributed by atoms with Crippen molar-refractivity contribution in [3.05, 3.63) is 59.7 Å². The zero-order chi connectivity index (χ0) is 21.8. The van der Waals surface area contributed by atoms with Gasteiger partial charge in [0.1, 0.15) is 23.6 Å². The Hall–Kier alpha value is -1.65. The van der Waals surface area contributed by atoms with Crippen molar-refractivity contribution in [1.82, 2.24) is 0 Å². The Morgan fingerprint density at radius 3 is 1.47 bits per heavy atom. The molecule has 0 spiro atoms. The van der Waals surface area contributed by atoms with Crippen molar-refractivity contribution in [3.63, 3.8) is 0 Å². The largest absolute Gasteiger partial charge is 2.00 e. The van der Waals surface area contributed by atoms with E-state index in [1.165, 1.54) is 0 Å². The number of benzene rings is 2. The number of halogens is 2. The quantitative estimate of drug-likeness (QED) is 0.301. The van der Waals surface area contributed by atoms with Crippen LogP contribution in [0.25, 0.3) is 0 Å². The molecular formula is C23H26Br2N2NiO6. The van der Waals surface area contributed by atoms with Gasteiger partial charge < -0.3 is 62.4 Å². The van der Waals surface area contributed by atoms with E-state index in [4.69, 9.17) is 38.4 Å². The molecule has 11 heteroatoms. The van der Waals surface area contributed by atoms with Crippen LogP contribution in [0.15, 0.2) is 58.5 Å². The number of rotatable bonds is 8. The van der Waals surface area contributed by atoms with Crippen molar-refractivity contribution >= 4 is 11.8 Å². The molecule has 2 unspecified atom stereocenters. The van der Waals surface area contributed by atoms with Crippen LogP contribution in [0.3, 0.4) is 0 Å². The van der Waals surface area contributed by atoms with Crippen LogP contribution in [-0.2, 0) is 35.4 Å². The van der Waals surface area contributed by atoms with E-state index in [2.05, 4.69) is 0 Å². The van der Waals surface area contributed by atoms with Crippen molar-refractivity contribution in [3.8, 4) is 11.5 Å². The monoisotopic (exact) mass is 642 g/mol. The third-order valence-corrected chi connectivity index (χ3v) is 5.22. The Morgan fingerprint density at radius 1 is 0.706 bits per heavy atom. The molecule has 2 aromatic carbocycles. The minimum Gasteiger partial charge on any atom is -1.00 e. The Balaban J connectivity index is 0.00000193. The van der Waals surface area contributed by atoms with Crippen molar-refractivity contribution < 1.29 is 78.9 Å². The molecule has 0 radical (unpaired) electrons. The Morgan fingerprint density at radius 2 is 1.12 bits per heavy atom. The molecule has 0 fully saturated rings. The molecule has 0 bridgehead atoms. The standard InChI is InChI=1S/C23H26N2O6.2BrH.Ni/c1-26-16-9-5-7-14(11-16)20-22(28-3)30-18(24-20)13-19-25-21(23(29-4)31-19)15-8-6-10-17(12-15)27-2;;;/h5-12,20-23H,13H2,1-4H3;2*1H;/q;;;+2/p-2/t20-,21-,22?,23?;;;/m1.../s1. The number of methoxy groups -OCH3 is 4. The van der Waals surface area contributed by atoms with Gasteiger partial charge in [0, 0.05) is 14.2 Å². The molecule has 34 heavy (non-hydrogen) atoms. The number of hydrogen-bond donors (Lipinski definition) is 0. The first-order valence-corrected chi connectivity index (χ1v) is 9.95. The molecule has 4 rings (SSSR count). The number of aliphatic imine (C=N–C) groups is 2. The molecule has 8 nitrogen and oxygen atoms in total. The van der Waals surface area contributed by atoms with Gasteiger partial charge in [-0.1, -0.05) is 24.3 Å². The first-order chi connectivity index (χ1) is 15.1. The first kappa shape index (κ1) is 30.4. The van der Waals surface area contributed by atoms with Crippen LogP contribution in [0.1, 0.15) is 29.6 Å². The van der Waals surface area contributed by atoms with Gasteiger partial charge in [0.25, 0.3) is 0 Å². The molecule has 0 saturated heterocycles. The summed E-state index contributed by atoms with van der Waals surface area (Å²) < 4.78 is 33.5. The Kier molecular flexibility index (Phi) is 12.6.